The first-order valence-corrected chi connectivity index (χ1v) is 11.3. The van der Waals surface area contributed by atoms with Crippen LogP contribution in [-0.4, -0.2) is 9.97 Å². The molecular formula is C26H36N3+. The van der Waals surface area contributed by atoms with Gasteiger partial charge in [0.2, 0.25) is 0 Å². The minimum atomic E-state index is 0.903. The standard InChI is InChI=1S/C26H35N3/c1-4-5-6-7-8-9-10-11-16-29-17-14-23(15-18-29)12-13-26-27-24-19-21(2)22(3)20-25(24)28-26/h12-15,17-20H,4-11,16H2,1-3H3/p+1. The minimum Gasteiger partial charge on any atom is -0.338 e. The number of pyridine rings is 1. The Balaban J connectivity index is 1.45. The van der Waals surface area contributed by atoms with Crippen molar-refractivity contribution in [1.29, 1.82) is 0 Å². The fourth-order valence-corrected chi connectivity index (χ4v) is 3.70. The molecule has 2 heterocycles. The molecule has 0 bridgehead atoms. The zero-order valence-corrected chi connectivity index (χ0v) is 18.4. The molecule has 0 aliphatic rings. The second-order valence-electron chi connectivity index (χ2n) is 8.25. The van der Waals surface area contributed by atoms with Gasteiger partial charge >= 0.3 is 0 Å². The van der Waals surface area contributed by atoms with E-state index in [1.54, 1.807) is 0 Å². The summed E-state index contributed by atoms with van der Waals surface area (Å²) in [5.41, 5.74) is 5.91. The van der Waals surface area contributed by atoms with Crippen molar-refractivity contribution in [3.63, 3.8) is 0 Å². The molecule has 3 nitrogen and oxygen atoms in total. The molecule has 0 unspecified atom stereocenters. The van der Waals surface area contributed by atoms with E-state index in [9.17, 15) is 0 Å². The predicted octanol–water partition coefficient (Wildman–Crippen LogP) is 6.78. The molecule has 0 saturated carbocycles. The summed E-state index contributed by atoms with van der Waals surface area (Å²) in [6, 6.07) is 8.68. The van der Waals surface area contributed by atoms with Gasteiger partial charge in [0, 0.05) is 18.6 Å². The van der Waals surface area contributed by atoms with Gasteiger partial charge in [-0.1, -0.05) is 51.5 Å². The van der Waals surface area contributed by atoms with Crippen molar-refractivity contribution in [3.8, 4) is 0 Å². The molecule has 0 amide bonds. The van der Waals surface area contributed by atoms with Crippen molar-refractivity contribution in [1.82, 2.24) is 9.97 Å². The van der Waals surface area contributed by atoms with E-state index in [1.165, 1.54) is 68.1 Å². The summed E-state index contributed by atoms with van der Waals surface area (Å²) < 4.78 is 2.29. The molecule has 0 saturated heterocycles. The quantitative estimate of drug-likeness (QED) is 0.284. The summed E-state index contributed by atoms with van der Waals surface area (Å²) in [7, 11) is 0. The van der Waals surface area contributed by atoms with Gasteiger partial charge in [0.1, 0.15) is 12.4 Å². The molecule has 0 fully saturated rings. The van der Waals surface area contributed by atoms with Crippen molar-refractivity contribution in [3.05, 3.63) is 59.2 Å². The molecular weight excluding hydrogens is 354 g/mol. The highest BCUT2D eigenvalue weighted by molar-refractivity contribution is 5.80. The summed E-state index contributed by atoms with van der Waals surface area (Å²) in [5, 5.41) is 0. The first-order valence-electron chi connectivity index (χ1n) is 11.3. The van der Waals surface area contributed by atoms with E-state index in [0.717, 1.165) is 23.4 Å². The van der Waals surface area contributed by atoms with Gasteiger partial charge in [-0.05, 0) is 55.2 Å². The van der Waals surface area contributed by atoms with Crippen molar-refractivity contribution in [2.24, 2.45) is 0 Å². The van der Waals surface area contributed by atoms with E-state index >= 15 is 0 Å². The second-order valence-corrected chi connectivity index (χ2v) is 8.25. The SMILES string of the molecule is CCCCCCCCCC[n+]1ccc(/C=C/c2nc3cc(C)c(C)cc3[nH]2)cc1. The van der Waals surface area contributed by atoms with E-state index in [-0.39, 0.29) is 0 Å². The molecule has 0 aliphatic carbocycles. The average molecular weight is 391 g/mol. The van der Waals surface area contributed by atoms with E-state index in [2.05, 4.69) is 84.1 Å². The van der Waals surface area contributed by atoms with Gasteiger partial charge in [-0.3, -0.25) is 0 Å². The van der Waals surface area contributed by atoms with Crippen molar-refractivity contribution in [2.45, 2.75) is 78.7 Å². The van der Waals surface area contributed by atoms with Gasteiger partial charge in [0.25, 0.3) is 0 Å². The van der Waals surface area contributed by atoms with Gasteiger partial charge < -0.3 is 4.98 Å². The average Bonchev–Trinajstić information content (AvgIpc) is 3.11. The molecule has 154 valence electrons. The normalized spacial score (nSPS) is 11.7. The lowest BCUT2D eigenvalue weighted by atomic mass is 10.1. The third-order valence-corrected chi connectivity index (χ3v) is 5.74. The van der Waals surface area contributed by atoms with E-state index in [4.69, 9.17) is 0 Å². The number of aromatic nitrogens is 3. The molecule has 0 atom stereocenters. The predicted molar refractivity (Wildman–Crippen MR) is 124 cm³/mol. The monoisotopic (exact) mass is 390 g/mol. The third kappa shape index (κ3) is 6.56. The van der Waals surface area contributed by atoms with Crippen LogP contribution in [0.5, 0.6) is 0 Å². The van der Waals surface area contributed by atoms with E-state index < -0.39 is 0 Å². The number of hydrogen-bond donors (Lipinski definition) is 1. The maximum atomic E-state index is 4.68. The van der Waals surface area contributed by atoms with Gasteiger partial charge in [0.15, 0.2) is 12.4 Å². The lowest BCUT2D eigenvalue weighted by molar-refractivity contribution is -0.697. The summed E-state index contributed by atoms with van der Waals surface area (Å²) >= 11 is 0. The summed E-state index contributed by atoms with van der Waals surface area (Å²) in [6.07, 6.45) is 19.5. The highest BCUT2D eigenvalue weighted by Gasteiger charge is 2.04. The van der Waals surface area contributed by atoms with Crippen molar-refractivity contribution in [2.75, 3.05) is 0 Å². The Hall–Kier alpha value is -2.42. The number of aromatic amines is 1. The molecule has 0 aliphatic heterocycles. The summed E-state index contributed by atoms with van der Waals surface area (Å²) in [4.78, 5) is 8.08. The molecule has 1 N–H and O–H groups in total. The highest BCUT2D eigenvalue weighted by Crippen LogP contribution is 2.18. The fraction of sp³-hybridized carbons (Fsp3) is 0.462. The number of benzene rings is 1. The van der Waals surface area contributed by atoms with Gasteiger partial charge in [-0.2, -0.15) is 0 Å². The topological polar surface area (TPSA) is 32.6 Å². The Bertz CT molecular complexity index is 880. The lowest BCUT2D eigenvalue weighted by Crippen LogP contribution is -2.32. The first kappa shape index (κ1) is 21.3. The molecule has 29 heavy (non-hydrogen) atoms. The smallest absolute Gasteiger partial charge is 0.169 e. The van der Waals surface area contributed by atoms with Crippen LogP contribution < -0.4 is 4.57 Å². The Kier molecular flexibility index (Phi) is 8.03. The number of nitrogens with one attached hydrogen (secondary N) is 1. The summed E-state index contributed by atoms with van der Waals surface area (Å²) in [6.45, 7) is 7.66. The molecule has 2 aromatic heterocycles. The number of unbranched alkanes of at least 4 members (excludes halogenated alkanes) is 7. The van der Waals surface area contributed by atoms with Crippen molar-refractivity contribution < 1.29 is 4.57 Å². The van der Waals surface area contributed by atoms with E-state index in [0.29, 0.717) is 0 Å². The van der Waals surface area contributed by atoms with Gasteiger partial charge in [0.05, 0.1) is 11.0 Å². The van der Waals surface area contributed by atoms with Crippen LogP contribution >= 0.6 is 0 Å². The van der Waals surface area contributed by atoms with Crippen LogP contribution in [0.25, 0.3) is 23.2 Å². The third-order valence-electron chi connectivity index (χ3n) is 5.74. The number of fused-ring (bicyclic) bond motifs is 1. The molecule has 0 spiro atoms. The van der Waals surface area contributed by atoms with Gasteiger partial charge in [-0.15, -0.1) is 0 Å². The van der Waals surface area contributed by atoms with Crippen molar-refractivity contribution >= 4 is 23.2 Å². The first-order chi connectivity index (χ1) is 14.2. The highest BCUT2D eigenvalue weighted by atomic mass is 14.9. The van der Waals surface area contributed by atoms with Crippen LogP contribution in [0.3, 0.4) is 0 Å². The van der Waals surface area contributed by atoms with Crippen LogP contribution in [0, 0.1) is 13.8 Å². The van der Waals surface area contributed by atoms with Crippen LogP contribution in [0.4, 0.5) is 0 Å². The maximum absolute atomic E-state index is 4.68. The van der Waals surface area contributed by atoms with Crippen LogP contribution in [0.1, 0.15) is 80.8 Å². The Morgan fingerprint density at radius 2 is 1.52 bits per heavy atom. The van der Waals surface area contributed by atoms with Crippen LogP contribution in [-0.2, 0) is 6.54 Å². The zero-order chi connectivity index (χ0) is 20.5. The Morgan fingerprint density at radius 1 is 0.862 bits per heavy atom. The largest absolute Gasteiger partial charge is 0.338 e. The molecule has 3 heteroatoms. The van der Waals surface area contributed by atoms with Crippen LogP contribution in [0.15, 0.2) is 36.7 Å². The number of aryl methyl sites for hydroxylation is 3. The Morgan fingerprint density at radius 3 is 2.24 bits per heavy atom. The lowest BCUT2D eigenvalue weighted by Gasteiger charge is -2.00. The molecule has 0 radical (unpaired) electrons. The number of imidazole rings is 1. The van der Waals surface area contributed by atoms with Gasteiger partial charge in [-0.25, -0.2) is 9.55 Å². The molecule has 1 aromatic carbocycles. The number of nitrogens with zero attached hydrogens (tertiary/aromatic N) is 2. The molecule has 3 rings (SSSR count). The second kappa shape index (κ2) is 10.9. The van der Waals surface area contributed by atoms with Crippen LogP contribution in [0.2, 0.25) is 0 Å². The van der Waals surface area contributed by atoms with E-state index in [1.807, 2.05) is 0 Å². The fourth-order valence-electron chi connectivity index (χ4n) is 3.70. The summed E-state index contributed by atoms with van der Waals surface area (Å²) in [5.74, 6) is 0.903. The molecule has 3 aromatic rings. The number of rotatable bonds is 11. The maximum Gasteiger partial charge on any atom is 0.169 e. The zero-order valence-electron chi connectivity index (χ0n) is 18.4. The number of hydrogen-bond acceptors (Lipinski definition) is 1. The Labute approximate surface area is 175 Å². The minimum absolute atomic E-state index is 0.903. The number of H-pyrrole nitrogens is 1.